The van der Waals surface area contributed by atoms with E-state index in [1.807, 2.05) is 6.92 Å². The number of nitrogens with one attached hydrogen (secondary N) is 1. The van der Waals surface area contributed by atoms with Gasteiger partial charge in [-0.3, -0.25) is 0 Å². The quantitative estimate of drug-likeness (QED) is 0.745. The number of piperidine rings is 1. The lowest BCUT2D eigenvalue weighted by Crippen LogP contribution is -2.46. The highest BCUT2D eigenvalue weighted by atomic mass is 16.3. The molecule has 2 atom stereocenters. The molecule has 1 rings (SSSR count). The lowest BCUT2D eigenvalue weighted by atomic mass is 9.91. The Morgan fingerprint density at radius 2 is 2.19 bits per heavy atom. The Labute approximate surface area is 100 Å². The van der Waals surface area contributed by atoms with E-state index in [4.69, 9.17) is 0 Å². The molecule has 3 nitrogen and oxygen atoms in total. The fraction of sp³-hybridized carbons (Fsp3) is 1.00. The predicted molar refractivity (Wildman–Crippen MR) is 68.6 cm³/mol. The molecule has 96 valence electrons. The van der Waals surface area contributed by atoms with Gasteiger partial charge in [-0.15, -0.1) is 0 Å². The molecule has 0 aromatic rings. The van der Waals surface area contributed by atoms with Crippen molar-refractivity contribution in [3.05, 3.63) is 0 Å². The first-order valence-electron chi connectivity index (χ1n) is 6.53. The highest BCUT2D eigenvalue weighted by Crippen LogP contribution is 2.18. The third kappa shape index (κ3) is 4.40. The Hall–Kier alpha value is -0.120. The van der Waals surface area contributed by atoms with Gasteiger partial charge in [0.1, 0.15) is 0 Å². The maximum atomic E-state index is 10.2. The predicted octanol–water partition coefficient (Wildman–Crippen LogP) is 1.32. The minimum absolute atomic E-state index is 0.305. The fourth-order valence-electron chi connectivity index (χ4n) is 2.31. The molecule has 0 bridgehead atoms. The van der Waals surface area contributed by atoms with Gasteiger partial charge in [-0.2, -0.15) is 0 Å². The Bertz CT molecular complexity index is 198. The van der Waals surface area contributed by atoms with Crippen LogP contribution in [0.25, 0.3) is 0 Å². The molecule has 2 N–H and O–H groups in total. The summed E-state index contributed by atoms with van der Waals surface area (Å²) in [6.07, 6.45) is 2.61. The van der Waals surface area contributed by atoms with Gasteiger partial charge in [-0.25, -0.2) is 0 Å². The zero-order chi connectivity index (χ0) is 12.2. The van der Waals surface area contributed by atoms with Crippen LogP contribution in [0.15, 0.2) is 0 Å². The van der Waals surface area contributed by atoms with Crippen LogP contribution in [0, 0.1) is 11.8 Å². The van der Waals surface area contributed by atoms with E-state index in [0.29, 0.717) is 5.92 Å². The van der Waals surface area contributed by atoms with Gasteiger partial charge in [-0.1, -0.05) is 13.8 Å². The zero-order valence-electron chi connectivity index (χ0n) is 11.3. The summed E-state index contributed by atoms with van der Waals surface area (Å²) in [6, 6.07) is 0. The van der Waals surface area contributed by atoms with E-state index in [1.54, 1.807) is 0 Å². The topological polar surface area (TPSA) is 35.5 Å². The molecule has 0 aromatic heterocycles. The van der Waals surface area contributed by atoms with Gasteiger partial charge in [0.15, 0.2) is 0 Å². The maximum absolute atomic E-state index is 10.2. The summed E-state index contributed by atoms with van der Waals surface area (Å²) in [6.45, 7) is 10.3. The molecule has 3 heteroatoms. The van der Waals surface area contributed by atoms with Crippen molar-refractivity contribution in [2.24, 2.45) is 11.8 Å². The van der Waals surface area contributed by atoms with Crippen LogP contribution in [-0.2, 0) is 0 Å². The summed E-state index contributed by atoms with van der Waals surface area (Å²) in [7, 11) is 2.12. The number of nitrogens with zero attached hydrogens (tertiary/aromatic N) is 1. The van der Waals surface area contributed by atoms with E-state index in [1.165, 1.54) is 19.4 Å². The second-order valence-electron chi connectivity index (χ2n) is 5.92. The molecule has 0 aromatic carbocycles. The van der Waals surface area contributed by atoms with E-state index in [-0.39, 0.29) is 0 Å². The lowest BCUT2D eigenvalue weighted by molar-refractivity contribution is -0.0163. The van der Waals surface area contributed by atoms with Crippen LogP contribution in [0.4, 0.5) is 0 Å². The Morgan fingerprint density at radius 1 is 1.50 bits per heavy atom. The van der Waals surface area contributed by atoms with Crippen LogP contribution < -0.4 is 5.32 Å². The SMILES string of the molecule is CC(C)C(C)(O)CN(C)CC1CCCNC1. The molecule has 1 aliphatic heterocycles. The summed E-state index contributed by atoms with van der Waals surface area (Å²) in [5.41, 5.74) is -0.573. The van der Waals surface area contributed by atoms with Gasteiger partial charge in [0, 0.05) is 13.1 Å². The van der Waals surface area contributed by atoms with E-state index in [0.717, 1.165) is 25.6 Å². The molecule has 2 unspecified atom stereocenters. The van der Waals surface area contributed by atoms with Crippen molar-refractivity contribution in [1.82, 2.24) is 10.2 Å². The van der Waals surface area contributed by atoms with Crippen LogP contribution in [0.1, 0.15) is 33.6 Å². The number of hydrogen-bond donors (Lipinski definition) is 2. The lowest BCUT2D eigenvalue weighted by Gasteiger charge is -2.35. The molecular formula is C13H28N2O. The molecule has 1 fully saturated rings. The van der Waals surface area contributed by atoms with Crippen molar-refractivity contribution in [2.45, 2.75) is 39.2 Å². The number of rotatable bonds is 5. The van der Waals surface area contributed by atoms with Crippen molar-refractivity contribution in [2.75, 3.05) is 33.2 Å². The summed E-state index contributed by atoms with van der Waals surface area (Å²) in [5, 5.41) is 13.7. The van der Waals surface area contributed by atoms with Crippen molar-refractivity contribution in [3.8, 4) is 0 Å². The highest BCUT2D eigenvalue weighted by Gasteiger charge is 2.27. The molecule has 0 saturated carbocycles. The minimum Gasteiger partial charge on any atom is -0.389 e. The van der Waals surface area contributed by atoms with E-state index in [9.17, 15) is 5.11 Å². The van der Waals surface area contributed by atoms with Gasteiger partial charge >= 0.3 is 0 Å². The number of likely N-dealkylation sites (N-methyl/N-ethyl adjacent to an activating group) is 1. The number of aliphatic hydroxyl groups is 1. The molecule has 1 aliphatic rings. The molecular weight excluding hydrogens is 200 g/mol. The van der Waals surface area contributed by atoms with Crippen molar-refractivity contribution in [3.63, 3.8) is 0 Å². The van der Waals surface area contributed by atoms with Gasteiger partial charge in [0.25, 0.3) is 0 Å². The largest absolute Gasteiger partial charge is 0.389 e. The van der Waals surface area contributed by atoms with Gasteiger partial charge in [0.2, 0.25) is 0 Å². The molecule has 1 saturated heterocycles. The van der Waals surface area contributed by atoms with Crippen molar-refractivity contribution in [1.29, 1.82) is 0 Å². The van der Waals surface area contributed by atoms with E-state index >= 15 is 0 Å². The Kier molecular flexibility index (Phi) is 5.22. The van der Waals surface area contributed by atoms with E-state index < -0.39 is 5.60 Å². The highest BCUT2D eigenvalue weighted by molar-refractivity contribution is 4.81. The van der Waals surface area contributed by atoms with Crippen molar-refractivity contribution < 1.29 is 5.11 Å². The monoisotopic (exact) mass is 228 g/mol. The van der Waals surface area contributed by atoms with Crippen molar-refractivity contribution >= 4 is 0 Å². The van der Waals surface area contributed by atoms with Crippen LogP contribution in [0.2, 0.25) is 0 Å². The van der Waals surface area contributed by atoms with Gasteiger partial charge < -0.3 is 15.3 Å². The molecule has 0 aliphatic carbocycles. The summed E-state index contributed by atoms with van der Waals surface area (Å²) in [4.78, 5) is 2.28. The average molecular weight is 228 g/mol. The first kappa shape index (κ1) is 13.9. The average Bonchev–Trinajstić information content (AvgIpc) is 2.17. The Balaban J connectivity index is 2.31. The van der Waals surface area contributed by atoms with E-state index in [2.05, 4.69) is 31.1 Å². The Morgan fingerprint density at radius 3 is 2.69 bits per heavy atom. The zero-order valence-corrected chi connectivity index (χ0v) is 11.3. The smallest absolute Gasteiger partial charge is 0.0768 e. The van der Waals surface area contributed by atoms with Gasteiger partial charge in [0.05, 0.1) is 5.60 Å². The summed E-state index contributed by atoms with van der Waals surface area (Å²) < 4.78 is 0. The minimum atomic E-state index is -0.573. The maximum Gasteiger partial charge on any atom is 0.0768 e. The van der Waals surface area contributed by atoms with Gasteiger partial charge in [-0.05, 0) is 51.7 Å². The summed E-state index contributed by atoms with van der Waals surface area (Å²) >= 11 is 0. The van der Waals surface area contributed by atoms with Crippen LogP contribution in [-0.4, -0.2) is 48.8 Å². The first-order chi connectivity index (χ1) is 7.42. The second-order valence-corrected chi connectivity index (χ2v) is 5.92. The standard InChI is InChI=1S/C13H28N2O/c1-11(2)13(3,16)10-15(4)9-12-6-5-7-14-8-12/h11-12,14,16H,5-10H2,1-4H3. The molecule has 0 radical (unpaired) electrons. The molecule has 0 spiro atoms. The molecule has 0 amide bonds. The third-order valence-electron chi connectivity index (χ3n) is 3.80. The number of hydrogen-bond acceptors (Lipinski definition) is 3. The third-order valence-corrected chi connectivity index (χ3v) is 3.80. The summed E-state index contributed by atoms with van der Waals surface area (Å²) in [5.74, 6) is 1.06. The van der Waals surface area contributed by atoms with Crippen LogP contribution in [0.3, 0.4) is 0 Å². The van der Waals surface area contributed by atoms with Crippen LogP contribution in [0.5, 0.6) is 0 Å². The molecule has 1 heterocycles. The normalized spacial score (nSPS) is 26.1. The molecule has 16 heavy (non-hydrogen) atoms. The second kappa shape index (κ2) is 5.99. The first-order valence-corrected chi connectivity index (χ1v) is 6.53. The fourth-order valence-corrected chi connectivity index (χ4v) is 2.31. The van der Waals surface area contributed by atoms with Crippen LogP contribution >= 0.6 is 0 Å².